The Balaban J connectivity index is 2.59. The van der Waals surface area contributed by atoms with Crippen LogP contribution in [-0.4, -0.2) is 14.0 Å². The average Bonchev–Trinajstić information content (AvgIpc) is 2.35. The van der Waals surface area contributed by atoms with Crippen LogP contribution in [0.25, 0.3) is 0 Å². The maximum atomic E-state index is 9.62. The summed E-state index contributed by atoms with van der Waals surface area (Å²) in [5.74, 6) is -0.520. The van der Waals surface area contributed by atoms with Crippen LogP contribution >= 0.6 is 34.8 Å². The van der Waals surface area contributed by atoms with E-state index in [0.717, 1.165) is 0 Å². The number of halogens is 3. The summed E-state index contributed by atoms with van der Waals surface area (Å²) in [4.78, 5) is 0. The smallest absolute Gasteiger partial charge is 0.201 e. The van der Waals surface area contributed by atoms with Crippen LogP contribution in [0, 0.1) is 0 Å². The van der Waals surface area contributed by atoms with Gasteiger partial charge in [-0.3, -0.25) is 0 Å². The molecule has 4 N–H and O–H groups in total. The molecule has 106 valence electrons. The fraction of sp³-hybridized carbons (Fsp3) is 0.143. The molecule has 6 heteroatoms. The minimum atomic E-state index is -1.65. The molecular weight excluding hydrogens is 321 g/mol. The minimum Gasteiger partial charge on any atom is -0.508 e. The van der Waals surface area contributed by atoms with Gasteiger partial charge in [0.05, 0.1) is 5.92 Å². The van der Waals surface area contributed by atoms with Crippen LogP contribution in [0.5, 0.6) is 11.5 Å². The molecule has 1 atom stereocenters. The molecule has 0 aliphatic carbocycles. The first-order valence-corrected chi connectivity index (χ1v) is 6.86. The summed E-state index contributed by atoms with van der Waals surface area (Å²) in [6, 6.07) is 10.8. The molecule has 3 nitrogen and oxygen atoms in total. The number of aromatic hydroxyl groups is 2. The van der Waals surface area contributed by atoms with Crippen LogP contribution in [0.1, 0.15) is 17.0 Å². The predicted octanol–water partition coefficient (Wildman–Crippen LogP) is 4.18. The standard InChI is InChI=1S/C14H12Cl3NO2/c15-14(16,17)13(8-1-3-9(19)4-2-8)11-7-10(20)5-6-12(11)18/h1-7,13,19-20H,18H2. The Bertz CT molecular complexity index is 609. The van der Waals surface area contributed by atoms with Crippen molar-refractivity contribution in [2.75, 3.05) is 5.73 Å². The Hall–Kier alpha value is -1.29. The lowest BCUT2D eigenvalue weighted by Gasteiger charge is -2.26. The summed E-state index contributed by atoms with van der Waals surface area (Å²) in [6.07, 6.45) is 0. The third kappa shape index (κ3) is 3.23. The molecule has 0 saturated heterocycles. The van der Waals surface area contributed by atoms with Crippen molar-refractivity contribution in [2.24, 2.45) is 0 Å². The van der Waals surface area contributed by atoms with Gasteiger partial charge in [-0.15, -0.1) is 0 Å². The van der Waals surface area contributed by atoms with Crippen LogP contribution < -0.4 is 5.73 Å². The zero-order valence-corrected chi connectivity index (χ0v) is 12.5. The Morgan fingerprint density at radius 2 is 1.45 bits per heavy atom. The number of hydrogen-bond donors (Lipinski definition) is 3. The monoisotopic (exact) mass is 331 g/mol. The number of nitrogens with two attached hydrogens (primary N) is 1. The van der Waals surface area contributed by atoms with E-state index in [1.165, 1.54) is 24.3 Å². The summed E-state index contributed by atoms with van der Waals surface area (Å²) < 4.78 is -1.65. The number of rotatable bonds is 2. The highest BCUT2D eigenvalue weighted by molar-refractivity contribution is 6.68. The van der Waals surface area contributed by atoms with Gasteiger partial charge in [-0.25, -0.2) is 0 Å². The van der Waals surface area contributed by atoms with Crippen molar-refractivity contribution in [3.63, 3.8) is 0 Å². The maximum Gasteiger partial charge on any atom is 0.201 e. The van der Waals surface area contributed by atoms with Gasteiger partial charge in [0, 0.05) is 5.69 Å². The van der Waals surface area contributed by atoms with Gasteiger partial charge in [-0.2, -0.15) is 0 Å². The first-order chi connectivity index (χ1) is 9.29. The fourth-order valence-electron chi connectivity index (χ4n) is 2.02. The highest BCUT2D eigenvalue weighted by Gasteiger charge is 2.36. The van der Waals surface area contributed by atoms with Crippen molar-refractivity contribution >= 4 is 40.5 Å². The number of nitrogen functional groups attached to an aromatic ring is 1. The van der Waals surface area contributed by atoms with Gasteiger partial charge < -0.3 is 15.9 Å². The normalized spacial score (nSPS) is 13.2. The lowest BCUT2D eigenvalue weighted by molar-refractivity contribution is 0.473. The summed E-state index contributed by atoms with van der Waals surface area (Å²) >= 11 is 18.2. The Morgan fingerprint density at radius 3 is 2.00 bits per heavy atom. The van der Waals surface area contributed by atoms with Gasteiger partial charge in [0.1, 0.15) is 11.5 Å². The molecule has 1 unspecified atom stereocenters. The predicted molar refractivity (Wildman–Crippen MR) is 82.8 cm³/mol. The van der Waals surface area contributed by atoms with E-state index in [0.29, 0.717) is 16.8 Å². The molecule has 0 spiro atoms. The number of phenols is 2. The van der Waals surface area contributed by atoms with Crippen LogP contribution in [0.4, 0.5) is 5.69 Å². The molecule has 20 heavy (non-hydrogen) atoms. The molecule has 0 fully saturated rings. The Morgan fingerprint density at radius 1 is 0.900 bits per heavy atom. The highest BCUT2D eigenvalue weighted by Crippen LogP contribution is 2.47. The van der Waals surface area contributed by atoms with Crippen LogP contribution in [-0.2, 0) is 0 Å². The van der Waals surface area contributed by atoms with Crippen molar-refractivity contribution in [3.05, 3.63) is 53.6 Å². The van der Waals surface area contributed by atoms with Crippen molar-refractivity contribution in [1.29, 1.82) is 0 Å². The molecule has 0 aliphatic rings. The van der Waals surface area contributed by atoms with Crippen molar-refractivity contribution in [1.82, 2.24) is 0 Å². The largest absolute Gasteiger partial charge is 0.508 e. The second kappa shape index (κ2) is 5.60. The molecule has 2 aromatic rings. The molecule has 2 aromatic carbocycles. The van der Waals surface area contributed by atoms with E-state index in [9.17, 15) is 10.2 Å². The molecule has 0 amide bonds. The molecule has 2 rings (SSSR count). The quantitative estimate of drug-likeness (QED) is 0.439. The van der Waals surface area contributed by atoms with Gasteiger partial charge in [0.2, 0.25) is 3.79 Å². The number of phenolic OH excluding ortho intramolecular Hbond substituents is 2. The lowest BCUT2D eigenvalue weighted by Crippen LogP contribution is -2.19. The van der Waals surface area contributed by atoms with Gasteiger partial charge in [0.15, 0.2) is 0 Å². The van der Waals surface area contributed by atoms with Crippen LogP contribution in [0.15, 0.2) is 42.5 Å². The first kappa shape index (κ1) is 15.1. The van der Waals surface area contributed by atoms with Crippen molar-refractivity contribution < 1.29 is 10.2 Å². The SMILES string of the molecule is Nc1ccc(O)cc1C(c1ccc(O)cc1)C(Cl)(Cl)Cl. The summed E-state index contributed by atoms with van der Waals surface area (Å²) in [7, 11) is 0. The summed E-state index contributed by atoms with van der Waals surface area (Å²) in [5.41, 5.74) is 7.50. The van der Waals surface area contributed by atoms with Gasteiger partial charge in [0.25, 0.3) is 0 Å². The highest BCUT2D eigenvalue weighted by atomic mass is 35.6. The van der Waals surface area contributed by atoms with Crippen molar-refractivity contribution in [2.45, 2.75) is 9.71 Å². The first-order valence-electron chi connectivity index (χ1n) is 5.73. The Kier molecular flexibility index (Phi) is 4.23. The molecule has 0 heterocycles. The van der Waals surface area contributed by atoms with Crippen LogP contribution in [0.3, 0.4) is 0 Å². The second-order valence-corrected chi connectivity index (χ2v) is 6.75. The average molecular weight is 333 g/mol. The number of anilines is 1. The third-order valence-corrected chi connectivity index (χ3v) is 3.59. The number of hydrogen-bond acceptors (Lipinski definition) is 3. The molecule has 0 aromatic heterocycles. The van der Waals surface area contributed by atoms with E-state index in [4.69, 9.17) is 40.5 Å². The molecule has 0 radical (unpaired) electrons. The molecular formula is C14H12Cl3NO2. The molecule has 0 saturated carbocycles. The van der Waals surface area contributed by atoms with E-state index in [2.05, 4.69) is 0 Å². The summed E-state index contributed by atoms with van der Waals surface area (Å²) in [5, 5.41) is 19.0. The minimum absolute atomic E-state index is 0.0345. The van der Waals surface area contributed by atoms with Crippen molar-refractivity contribution in [3.8, 4) is 11.5 Å². The van der Waals surface area contributed by atoms with E-state index >= 15 is 0 Å². The van der Waals surface area contributed by atoms with Crippen LogP contribution in [0.2, 0.25) is 0 Å². The van der Waals surface area contributed by atoms with E-state index in [-0.39, 0.29) is 11.5 Å². The zero-order chi connectivity index (χ0) is 14.9. The molecule has 0 bridgehead atoms. The van der Waals surface area contributed by atoms with Gasteiger partial charge >= 0.3 is 0 Å². The topological polar surface area (TPSA) is 66.5 Å². The lowest BCUT2D eigenvalue weighted by atomic mass is 9.91. The van der Waals surface area contributed by atoms with E-state index in [1.807, 2.05) is 0 Å². The van der Waals surface area contributed by atoms with E-state index in [1.54, 1.807) is 18.2 Å². The van der Waals surface area contributed by atoms with Gasteiger partial charge in [-0.1, -0.05) is 46.9 Å². The number of alkyl halides is 3. The zero-order valence-electron chi connectivity index (χ0n) is 10.2. The second-order valence-electron chi connectivity index (χ2n) is 4.38. The van der Waals surface area contributed by atoms with E-state index < -0.39 is 9.71 Å². The number of benzene rings is 2. The maximum absolute atomic E-state index is 9.62. The summed E-state index contributed by atoms with van der Waals surface area (Å²) in [6.45, 7) is 0. The molecule has 0 aliphatic heterocycles. The Labute approximate surface area is 131 Å². The third-order valence-electron chi connectivity index (χ3n) is 2.94. The fourth-order valence-corrected chi connectivity index (χ4v) is 2.75. The van der Waals surface area contributed by atoms with Gasteiger partial charge in [-0.05, 0) is 41.5 Å².